The molecule has 2 aromatic carbocycles. The standard InChI is InChI=1S/C21H19Cl2N5O2/c1-26(2)20(29)19-24-18-12-27-9-10-30-21(27,14-5-3-4-6-16(14)23)15-11-13(22)7-8-17(15)28(18)25-19/h3-8,11H,9-10,12H2,1-2H3. The van der Waals surface area contributed by atoms with E-state index in [9.17, 15) is 4.79 Å². The molecule has 0 spiro atoms. The van der Waals surface area contributed by atoms with Crippen LogP contribution in [-0.4, -0.2) is 57.7 Å². The minimum Gasteiger partial charge on any atom is -0.350 e. The second kappa shape index (κ2) is 7.06. The van der Waals surface area contributed by atoms with Crippen LogP contribution in [0.3, 0.4) is 0 Å². The summed E-state index contributed by atoms with van der Waals surface area (Å²) in [4.78, 5) is 20.7. The first-order valence-electron chi connectivity index (χ1n) is 9.54. The molecule has 1 aromatic heterocycles. The Bertz CT molecular complexity index is 1160. The summed E-state index contributed by atoms with van der Waals surface area (Å²) < 4.78 is 8.14. The van der Waals surface area contributed by atoms with E-state index < -0.39 is 5.72 Å². The molecule has 3 heterocycles. The van der Waals surface area contributed by atoms with E-state index in [1.165, 1.54) is 4.90 Å². The maximum Gasteiger partial charge on any atom is 0.293 e. The lowest BCUT2D eigenvalue weighted by molar-refractivity contribution is -0.0550. The van der Waals surface area contributed by atoms with E-state index in [-0.39, 0.29) is 11.7 Å². The minimum absolute atomic E-state index is 0.154. The maximum atomic E-state index is 12.5. The normalized spacial score (nSPS) is 20.3. The minimum atomic E-state index is -0.924. The van der Waals surface area contributed by atoms with Crippen LogP contribution in [0.1, 0.15) is 27.6 Å². The molecule has 3 aromatic rings. The van der Waals surface area contributed by atoms with Crippen molar-refractivity contribution in [3.8, 4) is 5.69 Å². The molecule has 0 bridgehead atoms. The Kier molecular flexibility index (Phi) is 4.59. The first-order chi connectivity index (χ1) is 14.4. The van der Waals surface area contributed by atoms with Crippen molar-refractivity contribution in [2.75, 3.05) is 27.2 Å². The second-order valence-electron chi connectivity index (χ2n) is 7.52. The van der Waals surface area contributed by atoms with Crippen molar-refractivity contribution in [1.82, 2.24) is 24.6 Å². The number of nitrogens with zero attached hydrogens (tertiary/aromatic N) is 5. The second-order valence-corrected chi connectivity index (χ2v) is 8.36. The van der Waals surface area contributed by atoms with Crippen LogP contribution in [0.4, 0.5) is 0 Å². The quantitative estimate of drug-likeness (QED) is 0.607. The average molecular weight is 444 g/mol. The van der Waals surface area contributed by atoms with E-state index in [4.69, 9.17) is 27.9 Å². The van der Waals surface area contributed by atoms with Crippen molar-refractivity contribution in [3.05, 3.63) is 75.3 Å². The molecule has 0 saturated carbocycles. The predicted molar refractivity (Wildman–Crippen MR) is 113 cm³/mol. The van der Waals surface area contributed by atoms with Gasteiger partial charge in [0.25, 0.3) is 5.91 Å². The molecular formula is C21H19Cl2N5O2. The molecule has 2 aliphatic heterocycles. The van der Waals surface area contributed by atoms with E-state index in [0.717, 1.165) is 16.8 Å². The number of aromatic nitrogens is 3. The van der Waals surface area contributed by atoms with Gasteiger partial charge in [-0.25, -0.2) is 9.67 Å². The molecular weight excluding hydrogens is 425 g/mol. The molecule has 1 fully saturated rings. The molecule has 5 rings (SSSR count). The molecule has 154 valence electrons. The van der Waals surface area contributed by atoms with Crippen molar-refractivity contribution in [1.29, 1.82) is 0 Å². The summed E-state index contributed by atoms with van der Waals surface area (Å²) in [5, 5.41) is 5.71. The van der Waals surface area contributed by atoms with Gasteiger partial charge in [0.05, 0.1) is 18.8 Å². The number of carbonyl (C=O) groups is 1. The molecule has 30 heavy (non-hydrogen) atoms. The summed E-state index contributed by atoms with van der Waals surface area (Å²) in [5.41, 5.74) is 1.48. The van der Waals surface area contributed by atoms with Crippen LogP contribution in [0.15, 0.2) is 42.5 Å². The van der Waals surface area contributed by atoms with Crippen molar-refractivity contribution < 1.29 is 9.53 Å². The van der Waals surface area contributed by atoms with Crippen LogP contribution in [0.5, 0.6) is 0 Å². The zero-order valence-electron chi connectivity index (χ0n) is 16.5. The molecule has 2 aliphatic rings. The van der Waals surface area contributed by atoms with Crippen molar-refractivity contribution >= 4 is 29.1 Å². The van der Waals surface area contributed by atoms with Gasteiger partial charge in [-0.3, -0.25) is 9.69 Å². The molecule has 1 unspecified atom stereocenters. The molecule has 0 N–H and O–H groups in total. The highest BCUT2D eigenvalue weighted by molar-refractivity contribution is 6.31. The number of carbonyl (C=O) groups excluding carboxylic acids is 1. The fraction of sp³-hybridized carbons (Fsp3) is 0.286. The molecule has 0 aliphatic carbocycles. The number of amides is 1. The van der Waals surface area contributed by atoms with Crippen LogP contribution in [0.2, 0.25) is 10.0 Å². The summed E-state index contributed by atoms with van der Waals surface area (Å²) in [6.45, 7) is 1.63. The van der Waals surface area contributed by atoms with Crippen LogP contribution in [0.25, 0.3) is 5.69 Å². The molecule has 1 atom stereocenters. The van der Waals surface area contributed by atoms with Gasteiger partial charge in [-0.05, 0) is 24.3 Å². The highest BCUT2D eigenvalue weighted by Crippen LogP contribution is 2.48. The molecule has 7 nitrogen and oxygen atoms in total. The average Bonchev–Trinajstić information content (AvgIpc) is 3.31. The first kappa shape index (κ1) is 19.5. The SMILES string of the molecule is CN(C)C(=O)c1nc2n(n1)-c1ccc(Cl)cc1C1(c3ccccc3Cl)OCCN1C2. The number of hydrogen-bond acceptors (Lipinski definition) is 5. The van der Waals surface area contributed by atoms with Gasteiger partial charge in [-0.1, -0.05) is 41.4 Å². The Hall–Kier alpha value is -2.45. The van der Waals surface area contributed by atoms with E-state index in [2.05, 4.69) is 15.0 Å². The van der Waals surface area contributed by atoms with Crippen LogP contribution in [-0.2, 0) is 17.0 Å². The van der Waals surface area contributed by atoms with Gasteiger partial charge >= 0.3 is 0 Å². The number of ether oxygens (including phenoxy) is 1. The lowest BCUT2D eigenvalue weighted by Crippen LogP contribution is -2.42. The van der Waals surface area contributed by atoms with Gasteiger partial charge in [0.2, 0.25) is 5.82 Å². The number of fused-ring (bicyclic) bond motifs is 5. The summed E-state index contributed by atoms with van der Waals surface area (Å²) in [5.74, 6) is 0.561. The number of rotatable bonds is 2. The number of benzene rings is 2. The van der Waals surface area contributed by atoms with E-state index in [1.54, 1.807) is 24.8 Å². The van der Waals surface area contributed by atoms with Gasteiger partial charge < -0.3 is 9.64 Å². The van der Waals surface area contributed by atoms with Gasteiger partial charge in [0.1, 0.15) is 5.82 Å². The summed E-state index contributed by atoms with van der Waals surface area (Å²) >= 11 is 13.1. The molecule has 1 amide bonds. The number of hydrogen-bond donors (Lipinski definition) is 0. The summed E-state index contributed by atoms with van der Waals surface area (Å²) in [6.07, 6.45) is 0. The smallest absolute Gasteiger partial charge is 0.293 e. The third-order valence-electron chi connectivity index (χ3n) is 5.51. The maximum absolute atomic E-state index is 12.5. The van der Waals surface area contributed by atoms with Gasteiger partial charge in [0.15, 0.2) is 5.72 Å². The predicted octanol–water partition coefficient (Wildman–Crippen LogP) is 3.32. The van der Waals surface area contributed by atoms with Gasteiger partial charge in [0, 0.05) is 41.8 Å². The Balaban J connectivity index is 1.79. The van der Waals surface area contributed by atoms with Crippen molar-refractivity contribution in [2.24, 2.45) is 0 Å². The van der Waals surface area contributed by atoms with Crippen LogP contribution < -0.4 is 0 Å². The largest absolute Gasteiger partial charge is 0.350 e. The van der Waals surface area contributed by atoms with Gasteiger partial charge in [-0.15, -0.1) is 5.10 Å². The lowest BCUT2D eigenvalue weighted by atomic mass is 9.91. The summed E-state index contributed by atoms with van der Waals surface area (Å²) in [6, 6.07) is 13.2. The third-order valence-corrected chi connectivity index (χ3v) is 6.08. The van der Waals surface area contributed by atoms with Crippen molar-refractivity contribution in [3.63, 3.8) is 0 Å². The first-order valence-corrected chi connectivity index (χ1v) is 10.3. The van der Waals surface area contributed by atoms with E-state index >= 15 is 0 Å². The van der Waals surface area contributed by atoms with E-state index in [0.29, 0.717) is 35.6 Å². The van der Waals surface area contributed by atoms with E-state index in [1.807, 2.05) is 36.4 Å². The fourth-order valence-electron chi connectivity index (χ4n) is 4.19. The lowest BCUT2D eigenvalue weighted by Gasteiger charge is -2.37. The highest BCUT2D eigenvalue weighted by Gasteiger charge is 2.50. The zero-order valence-corrected chi connectivity index (χ0v) is 18.0. The van der Waals surface area contributed by atoms with Crippen LogP contribution >= 0.6 is 23.2 Å². The Morgan fingerprint density at radius 1 is 1.17 bits per heavy atom. The third kappa shape index (κ3) is 2.77. The monoisotopic (exact) mass is 443 g/mol. The highest BCUT2D eigenvalue weighted by atomic mass is 35.5. The fourth-order valence-corrected chi connectivity index (χ4v) is 4.62. The zero-order chi connectivity index (χ0) is 21.0. The Labute approximate surface area is 183 Å². The Morgan fingerprint density at radius 2 is 1.97 bits per heavy atom. The van der Waals surface area contributed by atoms with Crippen molar-refractivity contribution in [2.45, 2.75) is 12.3 Å². The van der Waals surface area contributed by atoms with Gasteiger partial charge in [-0.2, -0.15) is 0 Å². The number of halogens is 2. The summed E-state index contributed by atoms with van der Waals surface area (Å²) in [7, 11) is 3.36. The molecule has 9 heteroatoms. The topological polar surface area (TPSA) is 63.5 Å². The Morgan fingerprint density at radius 3 is 2.73 bits per heavy atom. The molecule has 0 radical (unpaired) electrons. The molecule has 1 saturated heterocycles. The van der Waals surface area contributed by atoms with Crippen LogP contribution in [0, 0.1) is 0 Å².